The SMILES string of the molecule is CCc1ccc(-c2ccc(-c3cc(C)c(-c4ccc(-c5ccc(CC)s5)s4)s3)s2)s1. The van der Waals surface area contributed by atoms with E-state index < -0.39 is 0 Å². The average molecular weight is 483 g/mol. The molecule has 5 heterocycles. The Kier molecular flexibility index (Phi) is 5.82. The average Bonchev–Trinajstić information content (AvgIpc) is 3.57. The molecule has 30 heavy (non-hydrogen) atoms. The van der Waals surface area contributed by atoms with Gasteiger partial charge in [-0.3, -0.25) is 0 Å². The predicted molar refractivity (Wildman–Crippen MR) is 141 cm³/mol. The lowest BCUT2D eigenvalue weighted by atomic mass is 10.2. The summed E-state index contributed by atoms with van der Waals surface area (Å²) >= 11 is 9.60. The van der Waals surface area contributed by atoms with Crippen molar-refractivity contribution in [3.05, 3.63) is 69.9 Å². The van der Waals surface area contributed by atoms with Crippen LogP contribution in [-0.2, 0) is 12.8 Å². The molecule has 5 aromatic heterocycles. The molecule has 0 aliphatic heterocycles. The number of thiophene rings is 5. The number of hydrogen-bond donors (Lipinski definition) is 0. The van der Waals surface area contributed by atoms with Gasteiger partial charge < -0.3 is 0 Å². The lowest BCUT2D eigenvalue weighted by Crippen LogP contribution is -1.66. The van der Waals surface area contributed by atoms with Crippen LogP contribution in [-0.4, -0.2) is 0 Å². The molecule has 0 aliphatic carbocycles. The van der Waals surface area contributed by atoms with E-state index in [1.807, 2.05) is 56.7 Å². The molecule has 0 radical (unpaired) electrons. The van der Waals surface area contributed by atoms with Gasteiger partial charge in [0, 0.05) is 48.8 Å². The van der Waals surface area contributed by atoms with Crippen molar-refractivity contribution in [3.63, 3.8) is 0 Å². The van der Waals surface area contributed by atoms with Crippen LogP contribution in [0.4, 0.5) is 0 Å². The lowest BCUT2D eigenvalue weighted by molar-refractivity contribution is 1.19. The van der Waals surface area contributed by atoms with Gasteiger partial charge in [-0.2, -0.15) is 0 Å². The maximum Gasteiger partial charge on any atom is 0.0478 e. The van der Waals surface area contributed by atoms with Crippen molar-refractivity contribution >= 4 is 56.7 Å². The van der Waals surface area contributed by atoms with Gasteiger partial charge in [0.05, 0.1) is 0 Å². The third-order valence-electron chi connectivity index (χ3n) is 5.10. The van der Waals surface area contributed by atoms with Gasteiger partial charge in [-0.15, -0.1) is 56.7 Å². The van der Waals surface area contributed by atoms with E-state index in [1.165, 1.54) is 54.3 Å². The molecule has 5 heteroatoms. The standard InChI is InChI=1S/C25H22S5/c1-4-16-6-8-18(26-16)20-10-11-22(28-20)24-14-15(3)25(30-24)23-13-12-21(29-23)19-9-7-17(5-2)27-19/h6-14H,4-5H2,1-3H3. The zero-order chi connectivity index (χ0) is 20.7. The molecule has 0 amide bonds. The molecule has 0 N–H and O–H groups in total. The van der Waals surface area contributed by atoms with Crippen LogP contribution in [0.2, 0.25) is 0 Å². The van der Waals surface area contributed by atoms with E-state index >= 15 is 0 Å². The van der Waals surface area contributed by atoms with Gasteiger partial charge in [-0.1, -0.05) is 13.8 Å². The summed E-state index contributed by atoms with van der Waals surface area (Å²) in [7, 11) is 0. The second-order valence-electron chi connectivity index (χ2n) is 7.19. The summed E-state index contributed by atoms with van der Waals surface area (Å²) in [5, 5.41) is 0. The lowest BCUT2D eigenvalue weighted by Gasteiger charge is -1.94. The molecule has 5 aromatic rings. The minimum Gasteiger partial charge on any atom is -0.139 e. The van der Waals surface area contributed by atoms with E-state index in [9.17, 15) is 0 Å². The van der Waals surface area contributed by atoms with Gasteiger partial charge in [0.15, 0.2) is 0 Å². The summed E-state index contributed by atoms with van der Waals surface area (Å²) in [4.78, 5) is 14.0. The molecule has 0 fully saturated rings. The molecule has 0 nitrogen and oxygen atoms in total. The van der Waals surface area contributed by atoms with Crippen molar-refractivity contribution in [2.75, 3.05) is 0 Å². The molecule has 0 unspecified atom stereocenters. The van der Waals surface area contributed by atoms with Crippen molar-refractivity contribution in [1.82, 2.24) is 0 Å². The van der Waals surface area contributed by atoms with E-state index in [0.717, 1.165) is 12.8 Å². The minimum atomic E-state index is 1.12. The zero-order valence-electron chi connectivity index (χ0n) is 17.2. The van der Waals surface area contributed by atoms with Crippen molar-refractivity contribution in [3.8, 4) is 39.0 Å². The fourth-order valence-electron chi connectivity index (χ4n) is 3.44. The predicted octanol–water partition coefficient (Wildman–Crippen LogP) is 10.1. The third kappa shape index (κ3) is 3.90. The molecule has 0 saturated carbocycles. The second-order valence-corrected chi connectivity index (χ2v) is 12.7. The normalized spacial score (nSPS) is 11.4. The van der Waals surface area contributed by atoms with Crippen LogP contribution in [0.25, 0.3) is 39.0 Å². The van der Waals surface area contributed by atoms with Crippen LogP contribution >= 0.6 is 56.7 Å². The van der Waals surface area contributed by atoms with Crippen molar-refractivity contribution in [1.29, 1.82) is 0 Å². The van der Waals surface area contributed by atoms with Gasteiger partial charge in [-0.05, 0) is 79.9 Å². The van der Waals surface area contributed by atoms with Gasteiger partial charge in [-0.25, -0.2) is 0 Å². The van der Waals surface area contributed by atoms with E-state index in [0.29, 0.717) is 0 Å². The Morgan fingerprint density at radius 1 is 0.500 bits per heavy atom. The van der Waals surface area contributed by atoms with Crippen LogP contribution in [0.1, 0.15) is 29.2 Å². The summed E-state index contributed by atoms with van der Waals surface area (Å²) in [5.41, 5.74) is 1.38. The molecule has 0 aromatic carbocycles. The Morgan fingerprint density at radius 2 is 0.933 bits per heavy atom. The van der Waals surface area contributed by atoms with E-state index in [4.69, 9.17) is 0 Å². The molecular weight excluding hydrogens is 461 g/mol. The zero-order valence-corrected chi connectivity index (χ0v) is 21.2. The molecule has 0 saturated heterocycles. The summed E-state index contributed by atoms with van der Waals surface area (Å²) in [6.45, 7) is 6.70. The maximum absolute atomic E-state index is 2.36. The van der Waals surface area contributed by atoms with Crippen molar-refractivity contribution in [2.24, 2.45) is 0 Å². The summed E-state index contributed by atoms with van der Waals surface area (Å²) in [6, 6.07) is 20.6. The van der Waals surface area contributed by atoms with Crippen molar-refractivity contribution < 1.29 is 0 Å². The second kappa shape index (κ2) is 8.56. The van der Waals surface area contributed by atoms with Crippen LogP contribution in [0.3, 0.4) is 0 Å². The molecule has 0 atom stereocenters. The third-order valence-corrected chi connectivity index (χ3v) is 11.7. The van der Waals surface area contributed by atoms with Gasteiger partial charge in [0.1, 0.15) is 0 Å². The van der Waals surface area contributed by atoms with E-state index in [2.05, 4.69) is 75.4 Å². The molecule has 0 spiro atoms. The number of aryl methyl sites for hydroxylation is 3. The Labute approximate surface area is 198 Å². The van der Waals surface area contributed by atoms with E-state index in [-0.39, 0.29) is 0 Å². The molecular formula is C25H22S5. The summed E-state index contributed by atoms with van der Waals surface area (Å²) in [5.74, 6) is 0. The highest BCUT2D eigenvalue weighted by Crippen LogP contribution is 2.46. The van der Waals surface area contributed by atoms with E-state index in [1.54, 1.807) is 0 Å². The Balaban J connectivity index is 1.43. The Bertz CT molecular complexity index is 1290. The van der Waals surface area contributed by atoms with Crippen LogP contribution in [0, 0.1) is 6.92 Å². The number of hydrogen-bond acceptors (Lipinski definition) is 5. The van der Waals surface area contributed by atoms with Crippen LogP contribution < -0.4 is 0 Å². The fraction of sp³-hybridized carbons (Fsp3) is 0.200. The highest BCUT2D eigenvalue weighted by Gasteiger charge is 2.15. The topological polar surface area (TPSA) is 0 Å². The highest BCUT2D eigenvalue weighted by molar-refractivity contribution is 7.29. The molecule has 0 aliphatic rings. The first-order chi connectivity index (χ1) is 14.6. The maximum atomic E-state index is 2.36. The Morgan fingerprint density at radius 3 is 1.47 bits per heavy atom. The van der Waals surface area contributed by atoms with Gasteiger partial charge >= 0.3 is 0 Å². The Hall–Kier alpha value is -1.50. The monoisotopic (exact) mass is 482 g/mol. The fourth-order valence-corrected chi connectivity index (χ4v) is 8.96. The summed E-state index contributed by atoms with van der Waals surface area (Å²) in [6.07, 6.45) is 2.23. The molecule has 5 rings (SSSR count). The van der Waals surface area contributed by atoms with Crippen LogP contribution in [0.15, 0.2) is 54.6 Å². The van der Waals surface area contributed by atoms with Gasteiger partial charge in [0.2, 0.25) is 0 Å². The smallest absolute Gasteiger partial charge is 0.0478 e. The summed E-state index contributed by atoms with van der Waals surface area (Å²) < 4.78 is 0. The largest absolute Gasteiger partial charge is 0.139 e. The van der Waals surface area contributed by atoms with Crippen LogP contribution in [0.5, 0.6) is 0 Å². The van der Waals surface area contributed by atoms with Crippen molar-refractivity contribution in [2.45, 2.75) is 33.6 Å². The molecule has 0 bridgehead atoms. The minimum absolute atomic E-state index is 1.12. The first-order valence-electron chi connectivity index (χ1n) is 10.1. The number of rotatable bonds is 6. The quantitative estimate of drug-likeness (QED) is 0.226. The first-order valence-corrected chi connectivity index (χ1v) is 14.2. The van der Waals surface area contributed by atoms with Gasteiger partial charge in [0.25, 0.3) is 0 Å². The first kappa shape index (κ1) is 20.4. The highest BCUT2D eigenvalue weighted by atomic mass is 32.1. The molecule has 152 valence electrons.